The molecule has 0 unspecified atom stereocenters. The third kappa shape index (κ3) is 3.89. The van der Waals surface area contributed by atoms with E-state index in [9.17, 15) is 9.59 Å². The number of amides is 1. The Morgan fingerprint density at radius 1 is 1.24 bits per heavy atom. The molecule has 0 radical (unpaired) electrons. The maximum Gasteiger partial charge on any atom is 0.335 e. The number of carbonyl (C=O) groups excluding carboxylic acids is 1. The van der Waals surface area contributed by atoms with Crippen LogP contribution in [0.25, 0.3) is 0 Å². The van der Waals surface area contributed by atoms with Crippen LogP contribution in [0.2, 0.25) is 0 Å². The van der Waals surface area contributed by atoms with Crippen molar-refractivity contribution in [3.8, 4) is 0 Å². The lowest BCUT2D eigenvalue weighted by atomic mass is 10.0. The number of pyridine rings is 1. The highest BCUT2D eigenvalue weighted by atomic mass is 16.4. The van der Waals surface area contributed by atoms with E-state index in [1.54, 1.807) is 36.7 Å². The fourth-order valence-electron chi connectivity index (χ4n) is 2.06. The third-order valence-corrected chi connectivity index (χ3v) is 3.16. The van der Waals surface area contributed by atoms with Crippen LogP contribution in [0.5, 0.6) is 0 Å². The minimum Gasteiger partial charge on any atom is -0.478 e. The quantitative estimate of drug-likeness (QED) is 0.882. The Kier molecular flexibility index (Phi) is 4.66. The van der Waals surface area contributed by atoms with Crippen LogP contribution in [0.1, 0.15) is 34.5 Å². The van der Waals surface area contributed by atoms with Crippen LogP contribution >= 0.6 is 0 Å². The Balaban J connectivity index is 2.04. The highest BCUT2D eigenvalue weighted by Crippen LogP contribution is 2.12. The summed E-state index contributed by atoms with van der Waals surface area (Å²) in [6.45, 7) is 1.86. The highest BCUT2D eigenvalue weighted by molar-refractivity contribution is 5.91. The van der Waals surface area contributed by atoms with Gasteiger partial charge in [0.2, 0.25) is 5.91 Å². The van der Waals surface area contributed by atoms with Gasteiger partial charge in [0.05, 0.1) is 18.0 Å². The summed E-state index contributed by atoms with van der Waals surface area (Å²) in [5.41, 5.74) is 1.56. The Hall–Kier alpha value is -2.69. The molecule has 21 heavy (non-hydrogen) atoms. The second-order valence-corrected chi connectivity index (χ2v) is 4.71. The molecule has 0 aliphatic heterocycles. The first-order valence-electron chi connectivity index (χ1n) is 6.58. The Labute approximate surface area is 122 Å². The van der Waals surface area contributed by atoms with Gasteiger partial charge in [0.15, 0.2) is 0 Å². The van der Waals surface area contributed by atoms with Gasteiger partial charge in [-0.15, -0.1) is 0 Å². The lowest BCUT2D eigenvalue weighted by Crippen LogP contribution is -2.28. The number of benzene rings is 1. The van der Waals surface area contributed by atoms with Gasteiger partial charge in [-0.2, -0.15) is 0 Å². The lowest BCUT2D eigenvalue weighted by molar-refractivity contribution is -0.121. The molecule has 108 valence electrons. The molecule has 5 nitrogen and oxygen atoms in total. The minimum atomic E-state index is -1.03. The zero-order valence-corrected chi connectivity index (χ0v) is 11.6. The Bertz CT molecular complexity index is 641. The van der Waals surface area contributed by atoms with Crippen molar-refractivity contribution in [2.45, 2.75) is 19.4 Å². The summed E-state index contributed by atoms with van der Waals surface area (Å²) in [7, 11) is 0. The van der Waals surface area contributed by atoms with Gasteiger partial charge in [-0.25, -0.2) is 4.79 Å². The van der Waals surface area contributed by atoms with Gasteiger partial charge in [0.1, 0.15) is 0 Å². The summed E-state index contributed by atoms with van der Waals surface area (Å²) >= 11 is 0. The zero-order chi connectivity index (χ0) is 15.2. The molecule has 0 bridgehead atoms. The summed E-state index contributed by atoms with van der Waals surface area (Å²) in [6.07, 6.45) is 3.39. The fourth-order valence-corrected chi connectivity index (χ4v) is 2.06. The Morgan fingerprint density at radius 3 is 2.67 bits per heavy atom. The number of aromatic carboxylic acids is 1. The van der Waals surface area contributed by atoms with Gasteiger partial charge in [0, 0.05) is 12.4 Å². The molecule has 0 aliphatic carbocycles. The number of nitrogens with zero attached hydrogens (tertiary/aromatic N) is 1. The molecule has 0 fully saturated rings. The molecule has 1 aromatic heterocycles. The van der Waals surface area contributed by atoms with Crippen LogP contribution in [0, 0.1) is 0 Å². The number of carboxylic acid groups (broad SMARTS) is 1. The van der Waals surface area contributed by atoms with Crippen LogP contribution in [0.4, 0.5) is 0 Å². The van der Waals surface area contributed by atoms with Gasteiger partial charge in [-0.3, -0.25) is 9.78 Å². The van der Waals surface area contributed by atoms with E-state index < -0.39 is 5.97 Å². The smallest absolute Gasteiger partial charge is 0.335 e. The van der Waals surface area contributed by atoms with E-state index in [-0.39, 0.29) is 23.9 Å². The molecule has 2 rings (SSSR count). The topological polar surface area (TPSA) is 79.3 Å². The minimum absolute atomic E-state index is 0.0348. The molecule has 0 aliphatic rings. The van der Waals surface area contributed by atoms with E-state index in [4.69, 9.17) is 5.11 Å². The molecule has 2 aromatic rings. The maximum atomic E-state index is 12.0. The average Bonchev–Trinajstić information content (AvgIpc) is 2.48. The monoisotopic (exact) mass is 284 g/mol. The van der Waals surface area contributed by atoms with Crippen LogP contribution < -0.4 is 5.32 Å². The first kappa shape index (κ1) is 14.7. The first-order chi connectivity index (χ1) is 10.1. The van der Waals surface area contributed by atoms with Gasteiger partial charge >= 0.3 is 5.97 Å². The second-order valence-electron chi connectivity index (χ2n) is 4.71. The summed E-state index contributed by atoms with van der Waals surface area (Å²) in [5.74, 6) is -1.25. The van der Waals surface area contributed by atoms with Crippen molar-refractivity contribution < 1.29 is 14.7 Å². The van der Waals surface area contributed by atoms with Crippen LogP contribution in [0.15, 0.2) is 48.8 Å². The standard InChI is InChI=1S/C16H16N2O3/c1-11(13-6-4-8-17-10-13)18-15(19)9-12-5-2-3-7-14(12)16(20)21/h2-8,10-11H,9H2,1H3,(H,18,19)(H,20,21)/t11-/m1/s1. The molecule has 0 saturated carbocycles. The van der Waals surface area contributed by atoms with E-state index in [0.717, 1.165) is 5.56 Å². The van der Waals surface area contributed by atoms with E-state index >= 15 is 0 Å². The molecule has 1 heterocycles. The first-order valence-corrected chi connectivity index (χ1v) is 6.58. The number of rotatable bonds is 5. The molecule has 0 saturated heterocycles. The molecule has 5 heteroatoms. The molecular formula is C16H16N2O3. The number of hydrogen-bond acceptors (Lipinski definition) is 3. The molecule has 1 amide bonds. The average molecular weight is 284 g/mol. The van der Waals surface area contributed by atoms with Gasteiger partial charge in [-0.05, 0) is 30.2 Å². The summed E-state index contributed by atoms with van der Waals surface area (Å²) < 4.78 is 0. The highest BCUT2D eigenvalue weighted by Gasteiger charge is 2.14. The second kappa shape index (κ2) is 6.65. The predicted molar refractivity (Wildman–Crippen MR) is 77.9 cm³/mol. The Morgan fingerprint density at radius 2 is 2.00 bits per heavy atom. The van der Waals surface area contributed by atoms with Crippen LogP contribution in [-0.4, -0.2) is 22.0 Å². The number of carbonyl (C=O) groups is 2. The number of nitrogens with one attached hydrogen (secondary N) is 1. The largest absolute Gasteiger partial charge is 0.478 e. The van der Waals surface area contributed by atoms with E-state index in [1.807, 2.05) is 13.0 Å². The summed E-state index contributed by atoms with van der Waals surface area (Å²) in [5, 5.41) is 11.9. The molecular weight excluding hydrogens is 268 g/mol. The van der Waals surface area contributed by atoms with Crippen molar-refractivity contribution in [2.75, 3.05) is 0 Å². The molecule has 1 atom stereocenters. The molecule has 2 N–H and O–H groups in total. The zero-order valence-electron chi connectivity index (χ0n) is 11.6. The summed E-state index contributed by atoms with van der Waals surface area (Å²) in [4.78, 5) is 27.2. The predicted octanol–water partition coefficient (Wildman–Crippen LogP) is 2.20. The summed E-state index contributed by atoms with van der Waals surface area (Å²) in [6, 6.07) is 10.0. The van der Waals surface area contributed by atoms with Gasteiger partial charge in [0.25, 0.3) is 0 Å². The van der Waals surface area contributed by atoms with Crippen molar-refractivity contribution in [3.05, 3.63) is 65.5 Å². The van der Waals surface area contributed by atoms with E-state index in [2.05, 4.69) is 10.3 Å². The van der Waals surface area contributed by atoms with Crippen LogP contribution in [0.3, 0.4) is 0 Å². The van der Waals surface area contributed by atoms with Crippen molar-refractivity contribution in [1.82, 2.24) is 10.3 Å². The number of carboxylic acids is 1. The van der Waals surface area contributed by atoms with Crippen molar-refractivity contribution >= 4 is 11.9 Å². The van der Waals surface area contributed by atoms with Crippen molar-refractivity contribution in [3.63, 3.8) is 0 Å². The van der Waals surface area contributed by atoms with E-state index in [1.165, 1.54) is 6.07 Å². The number of hydrogen-bond donors (Lipinski definition) is 2. The lowest BCUT2D eigenvalue weighted by Gasteiger charge is -2.14. The fraction of sp³-hybridized carbons (Fsp3) is 0.188. The van der Waals surface area contributed by atoms with Crippen molar-refractivity contribution in [2.24, 2.45) is 0 Å². The normalized spacial score (nSPS) is 11.7. The van der Waals surface area contributed by atoms with Gasteiger partial charge in [-0.1, -0.05) is 24.3 Å². The number of aromatic nitrogens is 1. The molecule has 0 spiro atoms. The van der Waals surface area contributed by atoms with E-state index in [0.29, 0.717) is 5.56 Å². The molecule has 1 aromatic carbocycles. The van der Waals surface area contributed by atoms with Crippen molar-refractivity contribution in [1.29, 1.82) is 0 Å². The maximum absolute atomic E-state index is 12.0. The van der Waals surface area contributed by atoms with Gasteiger partial charge < -0.3 is 10.4 Å². The SMILES string of the molecule is C[C@@H](NC(=O)Cc1ccccc1C(=O)O)c1cccnc1. The third-order valence-electron chi connectivity index (χ3n) is 3.16. The van der Waals surface area contributed by atoms with Crippen LogP contribution in [-0.2, 0) is 11.2 Å².